The van der Waals surface area contributed by atoms with Gasteiger partial charge in [0.15, 0.2) is 0 Å². The van der Waals surface area contributed by atoms with Gasteiger partial charge < -0.3 is 10.6 Å². The van der Waals surface area contributed by atoms with E-state index in [1.807, 2.05) is 6.92 Å². The van der Waals surface area contributed by atoms with Crippen molar-refractivity contribution in [2.45, 2.75) is 13.5 Å². The summed E-state index contributed by atoms with van der Waals surface area (Å²) >= 11 is 1.59. The van der Waals surface area contributed by atoms with Crippen molar-refractivity contribution in [1.29, 1.82) is 0 Å². The first-order chi connectivity index (χ1) is 5.72. The van der Waals surface area contributed by atoms with Gasteiger partial charge in [-0.1, -0.05) is 0 Å². The van der Waals surface area contributed by atoms with Gasteiger partial charge in [0.1, 0.15) is 0 Å². The molecule has 0 aliphatic heterocycles. The number of rotatable bonds is 2. The Hall–Kier alpha value is -1.10. The molecule has 0 saturated carbocycles. The summed E-state index contributed by atoms with van der Waals surface area (Å²) in [5, 5.41) is 6.18. The van der Waals surface area contributed by atoms with Gasteiger partial charge in [0.2, 0.25) is 0 Å². The van der Waals surface area contributed by atoms with Crippen molar-refractivity contribution in [3.8, 4) is 0 Å². The van der Waals surface area contributed by atoms with E-state index in [1.165, 1.54) is 0 Å². The number of nitrogens with one attached hydrogen (secondary N) is 2. The molecule has 0 aromatic carbocycles. The lowest BCUT2D eigenvalue weighted by molar-refractivity contribution is 0.242. The van der Waals surface area contributed by atoms with E-state index in [9.17, 15) is 4.79 Å². The number of aryl methyl sites for hydroxylation is 1. The molecular formula is C7H11N3OS. The number of nitrogens with zero attached hydrogens (tertiary/aromatic N) is 1. The Morgan fingerprint density at radius 1 is 1.75 bits per heavy atom. The second kappa shape index (κ2) is 4.06. The highest BCUT2D eigenvalue weighted by Crippen LogP contribution is 2.10. The molecule has 66 valence electrons. The first-order valence-electron chi connectivity index (χ1n) is 3.59. The molecule has 0 atom stereocenters. The molecule has 4 nitrogen and oxygen atoms in total. The molecule has 2 N–H and O–H groups in total. The van der Waals surface area contributed by atoms with Crippen LogP contribution in [0.2, 0.25) is 0 Å². The monoisotopic (exact) mass is 185 g/mol. The van der Waals surface area contributed by atoms with E-state index in [-0.39, 0.29) is 6.03 Å². The maximum atomic E-state index is 10.8. The summed E-state index contributed by atoms with van der Waals surface area (Å²) in [6, 6.07) is -0.166. The smallest absolute Gasteiger partial charge is 0.314 e. The van der Waals surface area contributed by atoms with Crippen LogP contribution in [0.4, 0.5) is 4.79 Å². The Morgan fingerprint density at radius 2 is 2.50 bits per heavy atom. The van der Waals surface area contributed by atoms with Gasteiger partial charge in [-0.3, -0.25) is 0 Å². The summed E-state index contributed by atoms with van der Waals surface area (Å²) in [5.41, 5.74) is 0. The number of amides is 2. The molecule has 1 heterocycles. The van der Waals surface area contributed by atoms with Crippen molar-refractivity contribution in [2.24, 2.45) is 0 Å². The van der Waals surface area contributed by atoms with E-state index < -0.39 is 0 Å². The number of hydrogen-bond acceptors (Lipinski definition) is 3. The minimum Gasteiger partial charge on any atom is -0.341 e. The second-order valence-electron chi connectivity index (χ2n) is 2.28. The Balaban J connectivity index is 2.38. The SMILES string of the molecule is CNC(=O)NCc1cnc(C)s1. The second-order valence-corrected chi connectivity index (χ2v) is 3.60. The van der Waals surface area contributed by atoms with E-state index in [0.29, 0.717) is 6.54 Å². The summed E-state index contributed by atoms with van der Waals surface area (Å²) in [4.78, 5) is 15.9. The molecule has 2 amide bonds. The molecule has 0 saturated heterocycles. The van der Waals surface area contributed by atoms with Crippen LogP contribution in [0, 0.1) is 6.92 Å². The van der Waals surface area contributed by atoms with Gasteiger partial charge in [-0.2, -0.15) is 0 Å². The summed E-state index contributed by atoms with van der Waals surface area (Å²) in [5.74, 6) is 0. The van der Waals surface area contributed by atoms with Crippen molar-refractivity contribution in [3.05, 3.63) is 16.1 Å². The quantitative estimate of drug-likeness (QED) is 0.718. The first-order valence-corrected chi connectivity index (χ1v) is 4.41. The molecule has 0 aliphatic carbocycles. The highest BCUT2D eigenvalue weighted by Gasteiger charge is 1.99. The summed E-state index contributed by atoms with van der Waals surface area (Å²) < 4.78 is 0. The molecule has 1 aromatic heterocycles. The molecule has 5 heteroatoms. The third-order valence-corrected chi connectivity index (χ3v) is 2.23. The summed E-state index contributed by atoms with van der Waals surface area (Å²) in [6.45, 7) is 2.49. The number of thiazole rings is 1. The third kappa shape index (κ3) is 2.50. The van der Waals surface area contributed by atoms with E-state index in [0.717, 1.165) is 9.88 Å². The molecule has 0 unspecified atom stereocenters. The topological polar surface area (TPSA) is 54.0 Å². The summed E-state index contributed by atoms with van der Waals surface area (Å²) in [6.07, 6.45) is 1.77. The highest BCUT2D eigenvalue weighted by atomic mass is 32.1. The van der Waals surface area contributed by atoms with Crippen molar-refractivity contribution < 1.29 is 4.79 Å². The van der Waals surface area contributed by atoms with E-state index in [4.69, 9.17) is 0 Å². The van der Waals surface area contributed by atoms with Crippen LogP contribution < -0.4 is 10.6 Å². The third-order valence-electron chi connectivity index (χ3n) is 1.32. The maximum absolute atomic E-state index is 10.8. The van der Waals surface area contributed by atoms with Crippen LogP contribution in [0.25, 0.3) is 0 Å². The minimum atomic E-state index is -0.166. The van der Waals surface area contributed by atoms with Gasteiger partial charge in [0.05, 0.1) is 11.6 Å². The number of hydrogen-bond donors (Lipinski definition) is 2. The zero-order chi connectivity index (χ0) is 8.97. The van der Waals surface area contributed by atoms with Gasteiger partial charge in [-0.25, -0.2) is 9.78 Å². The van der Waals surface area contributed by atoms with Crippen LogP contribution >= 0.6 is 11.3 Å². The Bertz CT molecular complexity index is 271. The van der Waals surface area contributed by atoms with Crippen LogP contribution in [-0.4, -0.2) is 18.1 Å². The normalized spacial score (nSPS) is 9.50. The molecule has 12 heavy (non-hydrogen) atoms. The fourth-order valence-corrected chi connectivity index (χ4v) is 1.48. The molecule has 0 bridgehead atoms. The molecule has 0 fully saturated rings. The number of aromatic nitrogens is 1. The van der Waals surface area contributed by atoms with Crippen LogP contribution in [0.1, 0.15) is 9.88 Å². The van der Waals surface area contributed by atoms with Crippen LogP contribution in [-0.2, 0) is 6.54 Å². The minimum absolute atomic E-state index is 0.166. The standard InChI is InChI=1S/C7H11N3OS/c1-5-9-3-6(12-5)4-10-7(11)8-2/h3H,4H2,1-2H3,(H2,8,10,11). The van der Waals surface area contributed by atoms with Crippen molar-refractivity contribution in [2.75, 3.05) is 7.05 Å². The van der Waals surface area contributed by atoms with E-state index >= 15 is 0 Å². The lowest BCUT2D eigenvalue weighted by Crippen LogP contribution is -2.31. The van der Waals surface area contributed by atoms with Gasteiger partial charge in [-0.15, -0.1) is 11.3 Å². The highest BCUT2D eigenvalue weighted by molar-refractivity contribution is 7.11. The van der Waals surface area contributed by atoms with Crippen LogP contribution in [0.15, 0.2) is 6.20 Å². The Kier molecular flexibility index (Phi) is 3.04. The average Bonchev–Trinajstić information content (AvgIpc) is 2.47. The maximum Gasteiger partial charge on any atom is 0.314 e. The average molecular weight is 185 g/mol. The molecule has 0 aliphatic rings. The van der Waals surface area contributed by atoms with Crippen molar-refractivity contribution in [1.82, 2.24) is 15.6 Å². The van der Waals surface area contributed by atoms with Gasteiger partial charge in [-0.05, 0) is 6.92 Å². The molecule has 1 rings (SSSR count). The Labute approximate surface area is 75.0 Å². The van der Waals surface area contributed by atoms with Crippen molar-refractivity contribution in [3.63, 3.8) is 0 Å². The molecule has 1 aromatic rings. The van der Waals surface area contributed by atoms with Crippen LogP contribution in [0.5, 0.6) is 0 Å². The largest absolute Gasteiger partial charge is 0.341 e. The summed E-state index contributed by atoms with van der Waals surface area (Å²) in [7, 11) is 1.59. The lowest BCUT2D eigenvalue weighted by Gasteiger charge is -2.00. The molecule has 0 spiro atoms. The zero-order valence-corrected chi connectivity index (χ0v) is 7.86. The molecular weight excluding hydrogens is 174 g/mol. The van der Waals surface area contributed by atoms with Gasteiger partial charge in [0, 0.05) is 18.1 Å². The molecule has 0 radical (unpaired) electrons. The van der Waals surface area contributed by atoms with E-state index in [2.05, 4.69) is 15.6 Å². The van der Waals surface area contributed by atoms with Gasteiger partial charge >= 0.3 is 6.03 Å². The first kappa shape index (κ1) is 8.99. The van der Waals surface area contributed by atoms with Crippen LogP contribution in [0.3, 0.4) is 0 Å². The Morgan fingerprint density at radius 3 is 3.00 bits per heavy atom. The van der Waals surface area contributed by atoms with Gasteiger partial charge in [0.25, 0.3) is 0 Å². The zero-order valence-electron chi connectivity index (χ0n) is 7.05. The van der Waals surface area contributed by atoms with Crippen molar-refractivity contribution >= 4 is 17.4 Å². The van der Waals surface area contributed by atoms with E-state index in [1.54, 1.807) is 24.6 Å². The fraction of sp³-hybridized carbons (Fsp3) is 0.429. The number of urea groups is 1. The fourth-order valence-electron chi connectivity index (χ4n) is 0.743. The number of carbonyl (C=O) groups excluding carboxylic acids is 1. The number of carbonyl (C=O) groups is 1. The predicted octanol–water partition coefficient (Wildman–Crippen LogP) is 0.881. The lowest BCUT2D eigenvalue weighted by atomic mass is 10.5. The predicted molar refractivity (Wildman–Crippen MR) is 48.1 cm³/mol.